The molecule has 0 aliphatic heterocycles. The number of aryl methyl sites for hydroxylation is 3. The largest absolute Gasteiger partial charge is 0.306 e. The lowest BCUT2D eigenvalue weighted by Crippen LogP contribution is -2.24. The first-order valence-corrected chi connectivity index (χ1v) is 7.48. The van der Waals surface area contributed by atoms with Crippen LogP contribution in [-0.4, -0.2) is 16.3 Å². The van der Waals surface area contributed by atoms with Crippen molar-refractivity contribution in [2.75, 3.05) is 6.54 Å². The Hall–Kier alpha value is -1.61. The van der Waals surface area contributed by atoms with Crippen molar-refractivity contribution in [2.24, 2.45) is 7.05 Å². The fourth-order valence-corrected chi connectivity index (χ4v) is 2.66. The van der Waals surface area contributed by atoms with Gasteiger partial charge in [-0.05, 0) is 37.4 Å². The Morgan fingerprint density at radius 2 is 1.95 bits per heavy atom. The number of nitrogens with zero attached hydrogens (tertiary/aromatic N) is 2. The predicted octanol–water partition coefficient (Wildman–Crippen LogP) is 3.38. The Balaban J connectivity index is 2.44. The zero-order valence-corrected chi connectivity index (χ0v) is 13.0. The van der Waals surface area contributed by atoms with Crippen molar-refractivity contribution < 1.29 is 0 Å². The lowest BCUT2D eigenvalue weighted by Gasteiger charge is -2.21. The number of nitrogens with one attached hydrogen (secondary N) is 1. The van der Waals surface area contributed by atoms with Crippen LogP contribution >= 0.6 is 0 Å². The maximum absolute atomic E-state index is 4.59. The van der Waals surface area contributed by atoms with Gasteiger partial charge in [0, 0.05) is 18.8 Å². The lowest BCUT2D eigenvalue weighted by atomic mass is 9.94. The molecule has 3 heteroatoms. The van der Waals surface area contributed by atoms with Crippen LogP contribution < -0.4 is 5.32 Å². The Bertz CT molecular complexity index is 557. The van der Waals surface area contributed by atoms with Gasteiger partial charge in [0.2, 0.25) is 0 Å². The van der Waals surface area contributed by atoms with E-state index in [0.717, 1.165) is 19.4 Å². The Morgan fingerprint density at radius 3 is 2.60 bits per heavy atom. The minimum absolute atomic E-state index is 0.236. The first kappa shape index (κ1) is 14.8. The molecule has 108 valence electrons. The topological polar surface area (TPSA) is 29.9 Å². The van der Waals surface area contributed by atoms with Gasteiger partial charge >= 0.3 is 0 Å². The Labute approximate surface area is 122 Å². The highest BCUT2D eigenvalue weighted by molar-refractivity contribution is 5.37. The van der Waals surface area contributed by atoms with Gasteiger partial charge < -0.3 is 5.32 Å². The molecule has 1 N–H and O–H groups in total. The van der Waals surface area contributed by atoms with E-state index < -0.39 is 0 Å². The average Bonchev–Trinajstić information content (AvgIpc) is 2.82. The van der Waals surface area contributed by atoms with Crippen LogP contribution in [0, 0.1) is 6.92 Å². The van der Waals surface area contributed by atoms with Crippen LogP contribution in [0.2, 0.25) is 0 Å². The van der Waals surface area contributed by atoms with Crippen LogP contribution in [0.25, 0.3) is 0 Å². The van der Waals surface area contributed by atoms with Gasteiger partial charge in [0.1, 0.15) is 0 Å². The van der Waals surface area contributed by atoms with E-state index in [-0.39, 0.29) is 6.04 Å². The van der Waals surface area contributed by atoms with Crippen molar-refractivity contribution in [2.45, 2.75) is 39.7 Å². The summed E-state index contributed by atoms with van der Waals surface area (Å²) in [5.74, 6) is 0. The van der Waals surface area contributed by atoms with Crippen LogP contribution in [0.15, 0.2) is 30.5 Å². The van der Waals surface area contributed by atoms with Gasteiger partial charge in [-0.25, -0.2) is 0 Å². The SMILES string of the molecule is CCCNC(c1ccccc1C)c1cn(C)nc1CC. The molecule has 0 radical (unpaired) electrons. The first-order valence-electron chi connectivity index (χ1n) is 7.48. The monoisotopic (exact) mass is 271 g/mol. The van der Waals surface area contributed by atoms with Gasteiger partial charge in [-0.2, -0.15) is 5.10 Å². The zero-order valence-electron chi connectivity index (χ0n) is 13.0. The summed E-state index contributed by atoms with van der Waals surface area (Å²) in [6, 6.07) is 8.84. The van der Waals surface area contributed by atoms with Crippen LogP contribution in [0.4, 0.5) is 0 Å². The normalized spacial score (nSPS) is 12.6. The highest BCUT2D eigenvalue weighted by Gasteiger charge is 2.20. The van der Waals surface area contributed by atoms with E-state index in [2.05, 4.69) is 61.6 Å². The van der Waals surface area contributed by atoms with E-state index >= 15 is 0 Å². The summed E-state index contributed by atoms with van der Waals surface area (Å²) in [6.45, 7) is 7.56. The fourth-order valence-electron chi connectivity index (χ4n) is 2.66. The molecule has 0 saturated heterocycles. The third-order valence-corrected chi connectivity index (χ3v) is 3.68. The van der Waals surface area contributed by atoms with E-state index in [1.54, 1.807) is 0 Å². The van der Waals surface area contributed by atoms with Gasteiger partial charge in [0.25, 0.3) is 0 Å². The smallest absolute Gasteiger partial charge is 0.0673 e. The molecular weight excluding hydrogens is 246 g/mol. The molecule has 1 aromatic carbocycles. The third-order valence-electron chi connectivity index (χ3n) is 3.68. The minimum Gasteiger partial charge on any atom is -0.306 e. The molecule has 2 aromatic rings. The Morgan fingerprint density at radius 1 is 1.20 bits per heavy atom. The molecule has 1 unspecified atom stereocenters. The maximum atomic E-state index is 4.59. The summed E-state index contributed by atoms with van der Waals surface area (Å²) in [5.41, 5.74) is 5.16. The van der Waals surface area contributed by atoms with Crippen molar-refractivity contribution in [3.05, 3.63) is 52.8 Å². The van der Waals surface area contributed by atoms with Crippen LogP contribution in [0.3, 0.4) is 0 Å². The van der Waals surface area contributed by atoms with Gasteiger partial charge in [0.15, 0.2) is 0 Å². The van der Waals surface area contributed by atoms with E-state index in [1.807, 2.05) is 11.7 Å². The molecule has 0 fully saturated rings. The van der Waals surface area contributed by atoms with Crippen molar-refractivity contribution in [3.8, 4) is 0 Å². The molecule has 1 aromatic heterocycles. The zero-order chi connectivity index (χ0) is 14.5. The second-order valence-corrected chi connectivity index (χ2v) is 5.30. The van der Waals surface area contributed by atoms with Crippen LogP contribution in [0.5, 0.6) is 0 Å². The molecule has 1 heterocycles. The first-order chi connectivity index (χ1) is 9.67. The van der Waals surface area contributed by atoms with Gasteiger partial charge in [-0.15, -0.1) is 0 Å². The van der Waals surface area contributed by atoms with Crippen LogP contribution in [0.1, 0.15) is 48.7 Å². The highest BCUT2D eigenvalue weighted by atomic mass is 15.3. The van der Waals surface area contributed by atoms with Crippen molar-refractivity contribution in [3.63, 3.8) is 0 Å². The highest BCUT2D eigenvalue weighted by Crippen LogP contribution is 2.27. The number of benzene rings is 1. The molecule has 0 spiro atoms. The standard InChI is InChI=1S/C17H25N3/c1-5-11-18-17(14-10-8-7-9-13(14)3)15-12-20(4)19-16(15)6-2/h7-10,12,17-18H,5-6,11H2,1-4H3. The quantitative estimate of drug-likeness (QED) is 0.873. The number of aromatic nitrogens is 2. The summed E-state index contributed by atoms with van der Waals surface area (Å²) < 4.78 is 1.92. The molecule has 1 atom stereocenters. The molecule has 3 nitrogen and oxygen atoms in total. The molecule has 0 amide bonds. The van der Waals surface area contributed by atoms with Crippen molar-refractivity contribution >= 4 is 0 Å². The predicted molar refractivity (Wildman–Crippen MR) is 83.9 cm³/mol. The minimum atomic E-state index is 0.236. The summed E-state index contributed by atoms with van der Waals surface area (Å²) in [7, 11) is 2.00. The summed E-state index contributed by atoms with van der Waals surface area (Å²) in [4.78, 5) is 0. The molecule has 2 rings (SSSR count). The van der Waals surface area contributed by atoms with Gasteiger partial charge in [-0.1, -0.05) is 38.1 Å². The number of hydrogen-bond acceptors (Lipinski definition) is 2. The van der Waals surface area contributed by atoms with E-state index in [9.17, 15) is 0 Å². The van der Waals surface area contributed by atoms with Crippen molar-refractivity contribution in [1.82, 2.24) is 15.1 Å². The number of rotatable bonds is 6. The maximum Gasteiger partial charge on any atom is 0.0673 e. The molecule has 0 bridgehead atoms. The molecular formula is C17H25N3. The average molecular weight is 271 g/mol. The third kappa shape index (κ3) is 3.10. The van der Waals surface area contributed by atoms with E-state index in [4.69, 9.17) is 0 Å². The summed E-state index contributed by atoms with van der Waals surface area (Å²) in [6.07, 6.45) is 4.25. The van der Waals surface area contributed by atoms with Crippen molar-refractivity contribution in [1.29, 1.82) is 0 Å². The summed E-state index contributed by atoms with van der Waals surface area (Å²) >= 11 is 0. The summed E-state index contributed by atoms with van der Waals surface area (Å²) in [5, 5.41) is 8.27. The van der Waals surface area contributed by atoms with Gasteiger partial charge in [0.05, 0.1) is 11.7 Å². The molecule has 0 aliphatic rings. The fraction of sp³-hybridized carbons (Fsp3) is 0.471. The second kappa shape index (κ2) is 6.71. The molecule has 0 saturated carbocycles. The van der Waals surface area contributed by atoms with Gasteiger partial charge in [-0.3, -0.25) is 4.68 Å². The Kier molecular flexibility index (Phi) is 4.96. The second-order valence-electron chi connectivity index (χ2n) is 5.30. The van der Waals surface area contributed by atoms with Crippen LogP contribution in [-0.2, 0) is 13.5 Å². The lowest BCUT2D eigenvalue weighted by molar-refractivity contribution is 0.592. The number of hydrogen-bond donors (Lipinski definition) is 1. The molecule has 0 aliphatic carbocycles. The molecule has 20 heavy (non-hydrogen) atoms. The van der Waals surface area contributed by atoms with E-state index in [1.165, 1.54) is 22.4 Å². The van der Waals surface area contributed by atoms with E-state index in [0.29, 0.717) is 0 Å².